The molecule has 0 heterocycles. The summed E-state index contributed by atoms with van der Waals surface area (Å²) in [5, 5.41) is 0. The summed E-state index contributed by atoms with van der Waals surface area (Å²) in [5.74, 6) is 1.49. The van der Waals surface area contributed by atoms with Gasteiger partial charge in [0.05, 0.1) is 0 Å². The molecule has 1 aliphatic rings. The molecule has 1 saturated carbocycles. The molecule has 0 spiro atoms. The van der Waals surface area contributed by atoms with Gasteiger partial charge in [-0.15, -0.1) is 0 Å². The van der Waals surface area contributed by atoms with Crippen molar-refractivity contribution in [1.82, 2.24) is 0 Å². The van der Waals surface area contributed by atoms with Gasteiger partial charge in [0.1, 0.15) is 12.1 Å². The van der Waals surface area contributed by atoms with E-state index in [-0.39, 0.29) is 0 Å². The van der Waals surface area contributed by atoms with Crippen molar-refractivity contribution in [1.29, 1.82) is 0 Å². The average molecular weight is 306 g/mol. The first kappa shape index (κ1) is 19.1. The number of carbonyl (C=O) groups excluding carboxylic acids is 2. The Kier molecular flexibility index (Phi) is 11.0. The average Bonchev–Trinajstić information content (AvgIpc) is 2.87. The predicted octanol–water partition coefficient (Wildman–Crippen LogP) is 5.65. The fourth-order valence-electron chi connectivity index (χ4n) is 3.63. The minimum Gasteiger partial charge on any atom is -0.303 e. The van der Waals surface area contributed by atoms with E-state index < -0.39 is 0 Å². The lowest BCUT2D eigenvalue weighted by atomic mass is 9.86. The maximum atomic E-state index is 12.1. The van der Waals surface area contributed by atoms with E-state index in [1.165, 1.54) is 44.9 Å². The second kappa shape index (κ2) is 12.6. The second-order valence-corrected chi connectivity index (χ2v) is 6.73. The normalized spacial score (nSPS) is 21.8. The molecule has 22 heavy (non-hydrogen) atoms. The summed E-state index contributed by atoms with van der Waals surface area (Å²) in [6.45, 7) is 2.25. The predicted molar refractivity (Wildman–Crippen MR) is 92.9 cm³/mol. The van der Waals surface area contributed by atoms with Gasteiger partial charge >= 0.3 is 0 Å². The number of aldehydes is 1. The summed E-state index contributed by atoms with van der Waals surface area (Å²) in [7, 11) is 0. The lowest BCUT2D eigenvalue weighted by Gasteiger charge is -2.18. The number of carbonyl (C=O) groups is 2. The standard InChI is InChI=1S/C20H34O2/c1-2-3-4-5-7-10-13-18-15-16-20(22)19(18)14-11-8-6-9-12-17-21/h6,9,17-19H,2-5,7-8,10-16H2,1H3/t18-,19+/m0/s1. The van der Waals surface area contributed by atoms with E-state index in [1.54, 1.807) is 0 Å². The smallest absolute Gasteiger partial charge is 0.136 e. The van der Waals surface area contributed by atoms with E-state index in [0.717, 1.165) is 38.4 Å². The fourth-order valence-corrected chi connectivity index (χ4v) is 3.63. The van der Waals surface area contributed by atoms with Crippen LogP contribution in [-0.4, -0.2) is 12.1 Å². The van der Waals surface area contributed by atoms with E-state index in [4.69, 9.17) is 0 Å². The molecule has 1 fully saturated rings. The van der Waals surface area contributed by atoms with Gasteiger partial charge in [0.15, 0.2) is 0 Å². The highest BCUT2D eigenvalue weighted by molar-refractivity contribution is 5.83. The van der Waals surface area contributed by atoms with Crippen LogP contribution in [0.15, 0.2) is 12.2 Å². The van der Waals surface area contributed by atoms with Gasteiger partial charge < -0.3 is 4.79 Å². The maximum absolute atomic E-state index is 12.1. The molecule has 2 heteroatoms. The summed E-state index contributed by atoms with van der Waals surface area (Å²) in [6, 6.07) is 0. The van der Waals surface area contributed by atoms with Crippen molar-refractivity contribution in [3.05, 3.63) is 12.2 Å². The van der Waals surface area contributed by atoms with Crippen LogP contribution < -0.4 is 0 Å². The van der Waals surface area contributed by atoms with Gasteiger partial charge in [-0.1, -0.05) is 57.6 Å². The van der Waals surface area contributed by atoms with E-state index in [0.29, 0.717) is 24.0 Å². The number of hydrogen-bond donors (Lipinski definition) is 0. The molecule has 0 N–H and O–H groups in total. The van der Waals surface area contributed by atoms with Crippen molar-refractivity contribution >= 4 is 12.1 Å². The monoisotopic (exact) mass is 306 g/mol. The molecular weight excluding hydrogens is 272 g/mol. The van der Waals surface area contributed by atoms with Gasteiger partial charge in [-0.25, -0.2) is 0 Å². The molecule has 0 bridgehead atoms. The zero-order chi connectivity index (χ0) is 16.0. The molecule has 0 aromatic carbocycles. The molecule has 0 aromatic heterocycles. The SMILES string of the molecule is CCCCCCCC[C@H]1CCC(=O)[C@@H]1CCCC=CCC=O. The Hall–Kier alpha value is -0.920. The summed E-state index contributed by atoms with van der Waals surface area (Å²) in [5.41, 5.74) is 0. The first-order chi connectivity index (χ1) is 10.8. The molecule has 126 valence electrons. The maximum Gasteiger partial charge on any atom is 0.136 e. The topological polar surface area (TPSA) is 34.1 Å². The number of Topliss-reactive ketones (excluding diaryl/α,β-unsaturated/α-hetero) is 1. The van der Waals surface area contributed by atoms with Crippen molar-refractivity contribution in [2.45, 2.75) is 90.4 Å². The molecule has 0 unspecified atom stereocenters. The summed E-state index contributed by atoms with van der Waals surface area (Å²) < 4.78 is 0. The Morgan fingerprint density at radius 1 is 1.00 bits per heavy atom. The van der Waals surface area contributed by atoms with Crippen LogP contribution in [0.2, 0.25) is 0 Å². The van der Waals surface area contributed by atoms with Gasteiger partial charge in [-0.05, 0) is 38.0 Å². The first-order valence-electron chi connectivity index (χ1n) is 9.41. The molecular formula is C20H34O2. The number of rotatable bonds is 13. The highest BCUT2D eigenvalue weighted by Crippen LogP contribution is 2.36. The number of hydrogen-bond acceptors (Lipinski definition) is 2. The van der Waals surface area contributed by atoms with Gasteiger partial charge in [0.2, 0.25) is 0 Å². The van der Waals surface area contributed by atoms with Crippen LogP contribution in [0.5, 0.6) is 0 Å². The molecule has 0 amide bonds. The highest BCUT2D eigenvalue weighted by atomic mass is 16.1. The van der Waals surface area contributed by atoms with E-state index in [9.17, 15) is 9.59 Å². The van der Waals surface area contributed by atoms with Crippen molar-refractivity contribution in [3.8, 4) is 0 Å². The van der Waals surface area contributed by atoms with Crippen molar-refractivity contribution in [2.75, 3.05) is 0 Å². The lowest BCUT2D eigenvalue weighted by molar-refractivity contribution is -0.121. The second-order valence-electron chi connectivity index (χ2n) is 6.73. The third-order valence-corrected chi connectivity index (χ3v) is 4.96. The van der Waals surface area contributed by atoms with Gasteiger partial charge in [0.25, 0.3) is 0 Å². The van der Waals surface area contributed by atoms with E-state index in [2.05, 4.69) is 13.0 Å². The lowest BCUT2D eigenvalue weighted by Crippen LogP contribution is -2.14. The zero-order valence-electron chi connectivity index (χ0n) is 14.4. The van der Waals surface area contributed by atoms with Crippen LogP contribution in [0, 0.1) is 11.8 Å². The van der Waals surface area contributed by atoms with Crippen LogP contribution in [0.3, 0.4) is 0 Å². The third-order valence-electron chi connectivity index (χ3n) is 4.96. The van der Waals surface area contributed by atoms with E-state index >= 15 is 0 Å². The van der Waals surface area contributed by atoms with Crippen molar-refractivity contribution < 1.29 is 9.59 Å². The van der Waals surface area contributed by atoms with Gasteiger partial charge in [0, 0.05) is 18.8 Å². The highest BCUT2D eigenvalue weighted by Gasteiger charge is 2.33. The fraction of sp³-hybridized carbons (Fsp3) is 0.800. The summed E-state index contributed by atoms with van der Waals surface area (Å²) in [6.07, 6.45) is 19.8. The number of allylic oxidation sites excluding steroid dienone is 2. The Morgan fingerprint density at radius 3 is 2.55 bits per heavy atom. The Morgan fingerprint density at radius 2 is 1.77 bits per heavy atom. The molecule has 2 nitrogen and oxygen atoms in total. The third kappa shape index (κ3) is 7.91. The van der Waals surface area contributed by atoms with Crippen LogP contribution >= 0.6 is 0 Å². The van der Waals surface area contributed by atoms with Crippen LogP contribution in [0.4, 0.5) is 0 Å². The molecule has 1 rings (SSSR count). The van der Waals surface area contributed by atoms with E-state index in [1.807, 2.05) is 6.08 Å². The van der Waals surface area contributed by atoms with Crippen LogP contribution in [0.1, 0.15) is 90.4 Å². The van der Waals surface area contributed by atoms with Crippen molar-refractivity contribution in [3.63, 3.8) is 0 Å². The molecule has 1 aliphatic carbocycles. The van der Waals surface area contributed by atoms with Crippen LogP contribution in [-0.2, 0) is 9.59 Å². The Bertz CT molecular complexity index is 333. The molecule has 0 aliphatic heterocycles. The summed E-state index contributed by atoms with van der Waals surface area (Å²) in [4.78, 5) is 22.3. The molecule has 2 atom stereocenters. The summed E-state index contributed by atoms with van der Waals surface area (Å²) >= 11 is 0. The van der Waals surface area contributed by atoms with Gasteiger partial charge in [-0.3, -0.25) is 4.79 Å². The first-order valence-corrected chi connectivity index (χ1v) is 9.41. The van der Waals surface area contributed by atoms with Crippen molar-refractivity contribution in [2.24, 2.45) is 11.8 Å². The quantitative estimate of drug-likeness (QED) is 0.250. The zero-order valence-corrected chi connectivity index (χ0v) is 14.4. The Balaban J connectivity index is 2.16. The number of ketones is 1. The molecule has 0 aromatic rings. The minimum absolute atomic E-state index is 0.329. The Labute approximate surface area is 136 Å². The number of unbranched alkanes of at least 4 members (excludes halogenated alkanes) is 6. The molecule has 0 saturated heterocycles. The minimum atomic E-state index is 0.329. The van der Waals surface area contributed by atoms with Crippen LogP contribution in [0.25, 0.3) is 0 Å². The molecule has 0 radical (unpaired) electrons. The van der Waals surface area contributed by atoms with Gasteiger partial charge in [-0.2, -0.15) is 0 Å². The largest absolute Gasteiger partial charge is 0.303 e.